The molecule has 0 aliphatic heterocycles. The number of rotatable bonds is 4. The van der Waals surface area contributed by atoms with Crippen LogP contribution in [0.5, 0.6) is 0 Å². The zero-order valence-corrected chi connectivity index (χ0v) is 9.01. The Kier molecular flexibility index (Phi) is 3.32. The second-order valence-corrected chi connectivity index (χ2v) is 4.10. The van der Waals surface area contributed by atoms with Crippen LogP contribution in [0.2, 0.25) is 0 Å². The molecule has 1 heterocycles. The molecule has 2 aromatic rings. The Bertz CT molecular complexity index is 461. The SMILES string of the molecule is O=c1[nH]c(CNCc2ccccc2)cs1. The third kappa shape index (κ3) is 3.04. The van der Waals surface area contributed by atoms with Crippen molar-refractivity contribution in [2.75, 3.05) is 0 Å². The monoisotopic (exact) mass is 220 g/mol. The van der Waals surface area contributed by atoms with Gasteiger partial charge in [-0.25, -0.2) is 0 Å². The summed E-state index contributed by atoms with van der Waals surface area (Å²) in [6.07, 6.45) is 0. The van der Waals surface area contributed by atoms with E-state index in [1.165, 1.54) is 16.9 Å². The first-order valence-electron chi connectivity index (χ1n) is 4.76. The average Bonchev–Trinajstić information content (AvgIpc) is 2.66. The summed E-state index contributed by atoms with van der Waals surface area (Å²) in [6, 6.07) is 10.2. The molecule has 0 spiro atoms. The van der Waals surface area contributed by atoms with Crippen LogP contribution in [0.1, 0.15) is 11.3 Å². The van der Waals surface area contributed by atoms with Crippen molar-refractivity contribution in [1.29, 1.82) is 0 Å². The summed E-state index contributed by atoms with van der Waals surface area (Å²) in [5, 5.41) is 5.12. The number of nitrogens with one attached hydrogen (secondary N) is 2. The highest BCUT2D eigenvalue weighted by atomic mass is 32.1. The number of hydrogen-bond acceptors (Lipinski definition) is 3. The largest absolute Gasteiger partial charge is 0.315 e. The van der Waals surface area contributed by atoms with Crippen molar-refractivity contribution >= 4 is 11.3 Å². The Balaban J connectivity index is 1.83. The zero-order chi connectivity index (χ0) is 10.5. The Morgan fingerprint density at radius 2 is 2.00 bits per heavy atom. The fourth-order valence-corrected chi connectivity index (χ4v) is 1.92. The Hall–Kier alpha value is -1.39. The van der Waals surface area contributed by atoms with Crippen LogP contribution in [-0.2, 0) is 13.1 Å². The van der Waals surface area contributed by atoms with Gasteiger partial charge in [0.25, 0.3) is 0 Å². The van der Waals surface area contributed by atoms with Crippen molar-refractivity contribution in [3.63, 3.8) is 0 Å². The molecule has 0 saturated carbocycles. The van der Waals surface area contributed by atoms with Crippen molar-refractivity contribution in [1.82, 2.24) is 10.3 Å². The molecule has 3 nitrogen and oxygen atoms in total. The minimum atomic E-state index is 0.00603. The quantitative estimate of drug-likeness (QED) is 0.824. The van der Waals surface area contributed by atoms with Crippen LogP contribution < -0.4 is 10.2 Å². The maximum Gasteiger partial charge on any atom is 0.304 e. The molecule has 2 rings (SSSR count). The molecule has 0 aliphatic rings. The van der Waals surface area contributed by atoms with Gasteiger partial charge >= 0.3 is 4.87 Å². The smallest absolute Gasteiger partial charge is 0.304 e. The summed E-state index contributed by atoms with van der Waals surface area (Å²) in [5.41, 5.74) is 2.19. The predicted octanol–water partition coefficient (Wildman–Crippen LogP) is 1.73. The highest BCUT2D eigenvalue weighted by Gasteiger charge is 1.95. The van der Waals surface area contributed by atoms with Gasteiger partial charge < -0.3 is 10.3 Å². The predicted molar refractivity (Wildman–Crippen MR) is 61.9 cm³/mol. The highest BCUT2D eigenvalue weighted by molar-refractivity contribution is 7.07. The van der Waals surface area contributed by atoms with E-state index in [0.717, 1.165) is 12.2 Å². The lowest BCUT2D eigenvalue weighted by molar-refractivity contribution is 0.682. The molecule has 0 saturated heterocycles. The fraction of sp³-hybridized carbons (Fsp3) is 0.182. The second kappa shape index (κ2) is 4.91. The van der Waals surface area contributed by atoms with Gasteiger partial charge in [0.05, 0.1) is 0 Å². The first kappa shape index (κ1) is 10.1. The number of hydrogen-bond donors (Lipinski definition) is 2. The fourth-order valence-electron chi connectivity index (χ4n) is 1.34. The number of thiazole rings is 1. The van der Waals surface area contributed by atoms with Gasteiger partial charge in [0, 0.05) is 24.2 Å². The van der Waals surface area contributed by atoms with Gasteiger partial charge in [-0.05, 0) is 5.56 Å². The van der Waals surface area contributed by atoms with E-state index in [1.807, 2.05) is 23.6 Å². The second-order valence-electron chi connectivity index (χ2n) is 3.26. The molecule has 0 amide bonds. The van der Waals surface area contributed by atoms with Crippen LogP contribution in [-0.4, -0.2) is 4.98 Å². The lowest BCUT2D eigenvalue weighted by atomic mass is 10.2. The van der Waals surface area contributed by atoms with E-state index in [2.05, 4.69) is 22.4 Å². The van der Waals surface area contributed by atoms with E-state index in [-0.39, 0.29) is 4.87 Å². The lowest BCUT2D eigenvalue weighted by Gasteiger charge is -2.02. The highest BCUT2D eigenvalue weighted by Crippen LogP contribution is 1.99. The Labute approximate surface area is 91.8 Å². The van der Waals surface area contributed by atoms with Gasteiger partial charge in [-0.2, -0.15) is 0 Å². The van der Waals surface area contributed by atoms with E-state index in [4.69, 9.17) is 0 Å². The molecule has 2 N–H and O–H groups in total. The van der Waals surface area contributed by atoms with Crippen LogP contribution in [0.3, 0.4) is 0 Å². The third-order valence-corrected chi connectivity index (χ3v) is 2.78. The molecular weight excluding hydrogens is 208 g/mol. The molecule has 0 aliphatic carbocycles. The molecule has 15 heavy (non-hydrogen) atoms. The summed E-state index contributed by atoms with van der Waals surface area (Å²) < 4.78 is 0. The maximum atomic E-state index is 10.9. The van der Waals surface area contributed by atoms with Gasteiger partial charge in [-0.15, -0.1) is 0 Å². The van der Waals surface area contributed by atoms with E-state index in [9.17, 15) is 4.79 Å². The maximum absolute atomic E-state index is 10.9. The molecule has 0 bridgehead atoms. The molecule has 1 aromatic heterocycles. The van der Waals surface area contributed by atoms with Crippen LogP contribution in [0.25, 0.3) is 0 Å². The van der Waals surface area contributed by atoms with Crippen molar-refractivity contribution in [3.05, 3.63) is 56.6 Å². The molecule has 4 heteroatoms. The van der Waals surface area contributed by atoms with Crippen LogP contribution >= 0.6 is 11.3 Å². The number of aromatic nitrogens is 1. The standard InChI is InChI=1S/C11H12N2OS/c14-11-13-10(8-15-11)7-12-6-9-4-2-1-3-5-9/h1-5,8,12H,6-7H2,(H,13,14). The van der Waals surface area contributed by atoms with Gasteiger partial charge in [0.1, 0.15) is 0 Å². The van der Waals surface area contributed by atoms with Crippen molar-refractivity contribution in [3.8, 4) is 0 Å². The summed E-state index contributed by atoms with van der Waals surface area (Å²) in [5.74, 6) is 0. The van der Waals surface area contributed by atoms with Crippen LogP contribution in [0.15, 0.2) is 40.5 Å². The molecular formula is C11H12N2OS. The van der Waals surface area contributed by atoms with E-state index < -0.39 is 0 Å². The number of benzene rings is 1. The molecule has 0 atom stereocenters. The van der Waals surface area contributed by atoms with Crippen molar-refractivity contribution in [2.24, 2.45) is 0 Å². The third-order valence-electron chi connectivity index (χ3n) is 2.06. The summed E-state index contributed by atoms with van der Waals surface area (Å²) in [6.45, 7) is 1.52. The topological polar surface area (TPSA) is 44.9 Å². The average molecular weight is 220 g/mol. The van der Waals surface area contributed by atoms with Gasteiger partial charge in [-0.3, -0.25) is 4.79 Å². The van der Waals surface area contributed by atoms with Gasteiger partial charge in [0.2, 0.25) is 0 Å². The minimum absolute atomic E-state index is 0.00603. The van der Waals surface area contributed by atoms with Gasteiger partial charge in [0.15, 0.2) is 0 Å². The van der Waals surface area contributed by atoms with Crippen molar-refractivity contribution < 1.29 is 0 Å². The number of H-pyrrole nitrogens is 1. The summed E-state index contributed by atoms with van der Waals surface area (Å²) in [7, 11) is 0. The van der Waals surface area contributed by atoms with Crippen molar-refractivity contribution in [2.45, 2.75) is 13.1 Å². The molecule has 0 fully saturated rings. The summed E-state index contributed by atoms with van der Waals surface area (Å²) >= 11 is 1.20. The lowest BCUT2D eigenvalue weighted by Crippen LogP contribution is -2.13. The normalized spacial score (nSPS) is 10.4. The first-order valence-corrected chi connectivity index (χ1v) is 5.64. The summed E-state index contributed by atoms with van der Waals surface area (Å²) in [4.78, 5) is 13.6. The Morgan fingerprint density at radius 1 is 1.20 bits per heavy atom. The number of aromatic amines is 1. The molecule has 0 radical (unpaired) electrons. The minimum Gasteiger partial charge on any atom is -0.315 e. The molecule has 78 valence electrons. The zero-order valence-electron chi connectivity index (χ0n) is 8.19. The van der Waals surface area contributed by atoms with Crippen LogP contribution in [0, 0.1) is 0 Å². The first-order chi connectivity index (χ1) is 7.34. The Morgan fingerprint density at radius 3 is 2.67 bits per heavy atom. The van der Waals surface area contributed by atoms with Crippen LogP contribution in [0.4, 0.5) is 0 Å². The van der Waals surface area contributed by atoms with Gasteiger partial charge in [-0.1, -0.05) is 41.7 Å². The van der Waals surface area contributed by atoms with E-state index >= 15 is 0 Å². The molecule has 0 unspecified atom stereocenters. The van der Waals surface area contributed by atoms with E-state index in [0.29, 0.717) is 6.54 Å². The van der Waals surface area contributed by atoms with E-state index in [1.54, 1.807) is 0 Å². The molecule has 1 aromatic carbocycles.